The molecule has 30 heavy (non-hydrogen) atoms. The molecule has 1 amide bonds. The lowest BCUT2D eigenvalue weighted by atomic mass is 10.1. The molecule has 0 aliphatic carbocycles. The normalized spacial score (nSPS) is 11.6. The second-order valence-corrected chi connectivity index (χ2v) is 7.64. The molecule has 0 aliphatic rings. The summed E-state index contributed by atoms with van der Waals surface area (Å²) in [4.78, 5) is 16.8. The van der Waals surface area contributed by atoms with E-state index in [4.69, 9.17) is 9.47 Å². The van der Waals surface area contributed by atoms with Crippen molar-refractivity contribution in [2.75, 3.05) is 25.6 Å². The van der Waals surface area contributed by atoms with Gasteiger partial charge in [0.05, 0.1) is 33.1 Å². The molecule has 1 heterocycles. The standard InChI is InChI=1S/C21H21F3N2O3S/c1-28-11-12-29-17-10-9-14(21(22,23)24)13-16(17)25-19(27)7-4-8-20-26-15-5-2-3-6-18(15)30-20/h2-3,5-6,9-10,13H,4,7-8,11-12H2,1H3,(H,25,27). The number of amides is 1. The third-order valence-electron chi connectivity index (χ3n) is 4.26. The van der Waals surface area contributed by atoms with Gasteiger partial charge in [-0.3, -0.25) is 4.79 Å². The number of para-hydroxylation sites is 1. The SMILES string of the molecule is COCCOc1ccc(C(F)(F)F)cc1NC(=O)CCCc1nc2ccccc2s1. The summed E-state index contributed by atoms with van der Waals surface area (Å²) >= 11 is 1.57. The number of hydrogen-bond donors (Lipinski definition) is 1. The monoisotopic (exact) mass is 438 g/mol. The lowest BCUT2D eigenvalue weighted by molar-refractivity contribution is -0.137. The van der Waals surface area contributed by atoms with E-state index >= 15 is 0 Å². The minimum absolute atomic E-state index is 0.00841. The van der Waals surface area contributed by atoms with Crippen LogP contribution in [0.4, 0.5) is 18.9 Å². The van der Waals surface area contributed by atoms with Crippen molar-refractivity contribution < 1.29 is 27.4 Å². The number of nitrogens with one attached hydrogen (secondary N) is 1. The Hall–Kier alpha value is -2.65. The number of thiazole rings is 1. The number of carbonyl (C=O) groups is 1. The van der Waals surface area contributed by atoms with E-state index in [0.29, 0.717) is 12.8 Å². The highest BCUT2D eigenvalue weighted by Gasteiger charge is 2.31. The van der Waals surface area contributed by atoms with Crippen LogP contribution in [0, 0.1) is 0 Å². The van der Waals surface area contributed by atoms with Crippen molar-refractivity contribution in [3.8, 4) is 5.75 Å². The van der Waals surface area contributed by atoms with E-state index in [0.717, 1.165) is 27.4 Å². The number of aryl methyl sites for hydroxylation is 1. The predicted molar refractivity (Wildman–Crippen MR) is 110 cm³/mol. The number of benzene rings is 2. The zero-order valence-corrected chi connectivity index (χ0v) is 17.1. The average Bonchev–Trinajstić information content (AvgIpc) is 3.11. The highest BCUT2D eigenvalue weighted by molar-refractivity contribution is 7.18. The van der Waals surface area contributed by atoms with Crippen molar-refractivity contribution >= 4 is 33.1 Å². The van der Waals surface area contributed by atoms with Gasteiger partial charge < -0.3 is 14.8 Å². The van der Waals surface area contributed by atoms with Crippen molar-refractivity contribution in [2.24, 2.45) is 0 Å². The maximum Gasteiger partial charge on any atom is 0.416 e. The molecule has 5 nitrogen and oxygen atoms in total. The number of alkyl halides is 3. The van der Waals surface area contributed by atoms with Gasteiger partial charge in [-0.25, -0.2) is 4.98 Å². The fraction of sp³-hybridized carbons (Fsp3) is 0.333. The number of aromatic nitrogens is 1. The van der Waals surface area contributed by atoms with Crippen LogP contribution in [0.1, 0.15) is 23.4 Å². The first-order valence-electron chi connectivity index (χ1n) is 9.34. The number of methoxy groups -OCH3 is 1. The van der Waals surface area contributed by atoms with Crippen LogP contribution >= 0.6 is 11.3 Å². The summed E-state index contributed by atoms with van der Waals surface area (Å²) in [6.07, 6.45) is -3.21. The molecule has 1 aromatic heterocycles. The summed E-state index contributed by atoms with van der Waals surface area (Å²) in [5.74, 6) is -0.216. The van der Waals surface area contributed by atoms with Crippen LogP contribution in [-0.2, 0) is 22.1 Å². The Morgan fingerprint density at radius 2 is 1.97 bits per heavy atom. The fourth-order valence-corrected chi connectivity index (χ4v) is 3.81. The minimum atomic E-state index is -4.52. The number of fused-ring (bicyclic) bond motifs is 1. The van der Waals surface area contributed by atoms with Crippen molar-refractivity contribution in [2.45, 2.75) is 25.4 Å². The average molecular weight is 438 g/mol. The van der Waals surface area contributed by atoms with Gasteiger partial charge in [-0.15, -0.1) is 11.3 Å². The molecule has 0 unspecified atom stereocenters. The lowest BCUT2D eigenvalue weighted by Gasteiger charge is -2.15. The van der Waals surface area contributed by atoms with E-state index in [1.165, 1.54) is 13.2 Å². The van der Waals surface area contributed by atoms with Gasteiger partial charge in [0.2, 0.25) is 5.91 Å². The van der Waals surface area contributed by atoms with Crippen LogP contribution in [0.5, 0.6) is 5.75 Å². The molecular weight excluding hydrogens is 417 g/mol. The Bertz CT molecular complexity index is 972. The first kappa shape index (κ1) is 22.0. The summed E-state index contributed by atoms with van der Waals surface area (Å²) in [6, 6.07) is 10.8. The molecule has 0 radical (unpaired) electrons. The van der Waals surface area contributed by atoms with Gasteiger partial charge in [0.15, 0.2) is 0 Å². The molecule has 1 N–H and O–H groups in total. The zero-order chi connectivity index (χ0) is 21.6. The number of nitrogens with zero attached hydrogens (tertiary/aromatic N) is 1. The Labute approximate surface area is 175 Å². The number of hydrogen-bond acceptors (Lipinski definition) is 5. The predicted octanol–water partition coefficient (Wildman–Crippen LogP) is 5.30. The maximum atomic E-state index is 13.0. The number of halogens is 3. The van der Waals surface area contributed by atoms with E-state index in [-0.39, 0.29) is 37.0 Å². The van der Waals surface area contributed by atoms with Crippen LogP contribution in [0.25, 0.3) is 10.2 Å². The zero-order valence-electron chi connectivity index (χ0n) is 16.3. The second-order valence-electron chi connectivity index (χ2n) is 6.53. The fourth-order valence-electron chi connectivity index (χ4n) is 2.80. The molecular formula is C21H21F3N2O3S. The maximum absolute atomic E-state index is 13.0. The van der Waals surface area contributed by atoms with Gasteiger partial charge in [0.25, 0.3) is 0 Å². The van der Waals surface area contributed by atoms with Crippen LogP contribution in [0.3, 0.4) is 0 Å². The first-order valence-corrected chi connectivity index (χ1v) is 10.2. The van der Waals surface area contributed by atoms with Crippen molar-refractivity contribution in [3.05, 3.63) is 53.0 Å². The lowest BCUT2D eigenvalue weighted by Crippen LogP contribution is -2.15. The quantitative estimate of drug-likeness (QED) is 0.461. The van der Waals surface area contributed by atoms with Crippen molar-refractivity contribution in [1.82, 2.24) is 4.98 Å². The van der Waals surface area contributed by atoms with Crippen molar-refractivity contribution in [3.63, 3.8) is 0 Å². The van der Waals surface area contributed by atoms with Gasteiger partial charge in [0.1, 0.15) is 12.4 Å². The van der Waals surface area contributed by atoms with E-state index in [9.17, 15) is 18.0 Å². The largest absolute Gasteiger partial charge is 0.489 e. The van der Waals surface area contributed by atoms with Crippen LogP contribution < -0.4 is 10.1 Å². The molecule has 160 valence electrons. The molecule has 0 saturated heterocycles. The molecule has 0 saturated carbocycles. The Morgan fingerprint density at radius 1 is 1.17 bits per heavy atom. The van der Waals surface area contributed by atoms with Gasteiger partial charge in [-0.2, -0.15) is 13.2 Å². The third-order valence-corrected chi connectivity index (χ3v) is 5.35. The minimum Gasteiger partial charge on any atom is -0.489 e. The van der Waals surface area contributed by atoms with Gasteiger partial charge >= 0.3 is 6.18 Å². The molecule has 3 aromatic rings. The number of ether oxygens (including phenoxy) is 2. The van der Waals surface area contributed by atoms with E-state index < -0.39 is 11.7 Å². The Morgan fingerprint density at radius 3 is 2.70 bits per heavy atom. The number of rotatable bonds is 9. The second kappa shape index (κ2) is 9.90. The number of carbonyl (C=O) groups excluding carboxylic acids is 1. The Kier molecular flexibility index (Phi) is 7.28. The van der Waals surface area contributed by atoms with Crippen LogP contribution in [-0.4, -0.2) is 31.2 Å². The molecule has 9 heteroatoms. The summed E-state index contributed by atoms with van der Waals surface area (Å²) in [5, 5.41) is 3.46. The van der Waals surface area contributed by atoms with Crippen LogP contribution in [0.15, 0.2) is 42.5 Å². The molecule has 0 atom stereocenters. The van der Waals surface area contributed by atoms with E-state index in [1.54, 1.807) is 11.3 Å². The van der Waals surface area contributed by atoms with Gasteiger partial charge in [-0.1, -0.05) is 12.1 Å². The molecule has 0 spiro atoms. The van der Waals surface area contributed by atoms with E-state index in [2.05, 4.69) is 10.3 Å². The van der Waals surface area contributed by atoms with Gasteiger partial charge in [-0.05, 0) is 43.2 Å². The number of anilines is 1. The summed E-state index contributed by atoms with van der Waals surface area (Å²) in [6.45, 7) is 0.429. The molecule has 3 rings (SSSR count). The third kappa shape index (κ3) is 5.93. The summed E-state index contributed by atoms with van der Waals surface area (Å²) in [5.41, 5.74) is 0.0565. The topological polar surface area (TPSA) is 60.5 Å². The van der Waals surface area contributed by atoms with E-state index in [1.807, 2.05) is 24.3 Å². The summed E-state index contributed by atoms with van der Waals surface area (Å²) < 4.78 is 50.5. The molecule has 0 bridgehead atoms. The highest BCUT2D eigenvalue weighted by atomic mass is 32.1. The first-order chi connectivity index (χ1) is 14.4. The Balaban J connectivity index is 1.61. The molecule has 0 aliphatic heterocycles. The molecule has 2 aromatic carbocycles. The molecule has 0 fully saturated rings. The smallest absolute Gasteiger partial charge is 0.416 e. The van der Waals surface area contributed by atoms with Crippen molar-refractivity contribution in [1.29, 1.82) is 0 Å². The van der Waals surface area contributed by atoms with Gasteiger partial charge in [0, 0.05) is 13.5 Å². The van der Waals surface area contributed by atoms with Crippen LogP contribution in [0.2, 0.25) is 0 Å². The summed E-state index contributed by atoms with van der Waals surface area (Å²) in [7, 11) is 1.49. The highest BCUT2D eigenvalue weighted by Crippen LogP contribution is 2.35.